The molecule has 0 radical (unpaired) electrons. The second kappa shape index (κ2) is 11.2. The van der Waals surface area contributed by atoms with Crippen molar-refractivity contribution in [1.29, 1.82) is 0 Å². The van der Waals surface area contributed by atoms with Gasteiger partial charge in [-0.1, -0.05) is 33.1 Å². The number of aromatic nitrogens is 2. The quantitative estimate of drug-likeness (QED) is 0.396. The van der Waals surface area contributed by atoms with Crippen molar-refractivity contribution in [3.8, 4) is 0 Å². The molecule has 0 aliphatic rings. The number of hydrogen-bond acceptors (Lipinski definition) is 2. The van der Waals surface area contributed by atoms with Crippen LogP contribution in [0, 0.1) is 5.92 Å². The summed E-state index contributed by atoms with van der Waals surface area (Å²) in [6, 6.07) is 1.96. The summed E-state index contributed by atoms with van der Waals surface area (Å²) < 4.78 is 1.96. The average molecular weight is 293 g/mol. The normalized spacial score (nSPS) is 13.2. The van der Waals surface area contributed by atoms with Gasteiger partial charge < -0.3 is 10.6 Å². The molecule has 0 amide bonds. The number of rotatable bonds is 10. The highest BCUT2D eigenvalue weighted by Gasteiger charge is 2.04. The summed E-state index contributed by atoms with van der Waals surface area (Å²) in [6.07, 6.45) is 8.91. The van der Waals surface area contributed by atoms with Gasteiger partial charge in [-0.2, -0.15) is 5.10 Å². The summed E-state index contributed by atoms with van der Waals surface area (Å²) in [4.78, 5) is 4.67. The van der Waals surface area contributed by atoms with Crippen molar-refractivity contribution >= 4 is 5.96 Å². The van der Waals surface area contributed by atoms with Crippen molar-refractivity contribution < 1.29 is 0 Å². The van der Waals surface area contributed by atoms with Crippen molar-refractivity contribution in [2.24, 2.45) is 10.9 Å². The van der Waals surface area contributed by atoms with Gasteiger partial charge in [0.1, 0.15) is 0 Å². The van der Waals surface area contributed by atoms with Crippen LogP contribution in [0.3, 0.4) is 0 Å². The molecule has 0 aliphatic carbocycles. The predicted octanol–water partition coefficient (Wildman–Crippen LogP) is 2.65. The molecule has 5 heteroatoms. The minimum absolute atomic E-state index is 0.473. The van der Waals surface area contributed by atoms with Gasteiger partial charge in [0.2, 0.25) is 0 Å². The molecule has 0 saturated heterocycles. The number of nitrogens with one attached hydrogen (secondary N) is 2. The zero-order chi connectivity index (χ0) is 15.3. The fourth-order valence-corrected chi connectivity index (χ4v) is 2.13. The van der Waals surface area contributed by atoms with Crippen molar-refractivity contribution in [2.75, 3.05) is 19.6 Å². The van der Waals surface area contributed by atoms with E-state index < -0.39 is 0 Å². The Morgan fingerprint density at radius 1 is 1.24 bits per heavy atom. The van der Waals surface area contributed by atoms with Crippen LogP contribution in [0.2, 0.25) is 0 Å². The van der Waals surface area contributed by atoms with E-state index in [2.05, 4.69) is 41.5 Å². The van der Waals surface area contributed by atoms with E-state index in [1.165, 1.54) is 25.7 Å². The van der Waals surface area contributed by atoms with Gasteiger partial charge in [0.05, 0.1) is 0 Å². The van der Waals surface area contributed by atoms with E-state index in [9.17, 15) is 0 Å². The molecule has 1 unspecified atom stereocenters. The Balaban J connectivity index is 2.29. The minimum Gasteiger partial charge on any atom is -0.357 e. The highest BCUT2D eigenvalue weighted by molar-refractivity contribution is 5.79. The van der Waals surface area contributed by atoms with E-state index in [1.807, 2.05) is 23.1 Å². The second-order valence-electron chi connectivity index (χ2n) is 5.54. The van der Waals surface area contributed by atoms with Crippen molar-refractivity contribution in [2.45, 2.75) is 53.0 Å². The van der Waals surface area contributed by atoms with Crippen LogP contribution in [0.15, 0.2) is 23.5 Å². The van der Waals surface area contributed by atoms with Gasteiger partial charge in [0.25, 0.3) is 0 Å². The first-order valence-electron chi connectivity index (χ1n) is 8.25. The lowest BCUT2D eigenvalue weighted by Crippen LogP contribution is -2.38. The Morgan fingerprint density at radius 3 is 2.76 bits per heavy atom. The van der Waals surface area contributed by atoms with Gasteiger partial charge >= 0.3 is 0 Å². The lowest BCUT2D eigenvalue weighted by Gasteiger charge is -2.13. The van der Waals surface area contributed by atoms with Gasteiger partial charge in [-0.05, 0) is 25.3 Å². The third kappa shape index (κ3) is 8.38. The first-order chi connectivity index (χ1) is 10.3. The number of hydrogen-bond donors (Lipinski definition) is 2. The van der Waals surface area contributed by atoms with Crippen molar-refractivity contribution in [1.82, 2.24) is 20.4 Å². The van der Waals surface area contributed by atoms with Crippen molar-refractivity contribution in [3.63, 3.8) is 0 Å². The van der Waals surface area contributed by atoms with E-state index in [0.29, 0.717) is 5.92 Å². The fourth-order valence-electron chi connectivity index (χ4n) is 2.13. The standard InChI is InChI=1S/C16H31N5/c1-4-6-7-8-10-18-16(17-5-2)19-13-15(3)14-21-12-9-11-20-21/h9,11-12,15H,4-8,10,13-14H2,1-3H3,(H2,17,18,19). The Bertz CT molecular complexity index is 372. The highest BCUT2D eigenvalue weighted by atomic mass is 15.3. The Hall–Kier alpha value is -1.52. The summed E-state index contributed by atoms with van der Waals surface area (Å²) in [5.41, 5.74) is 0. The van der Waals surface area contributed by atoms with Crippen LogP contribution >= 0.6 is 0 Å². The van der Waals surface area contributed by atoms with Crippen LogP contribution in [0.25, 0.3) is 0 Å². The summed E-state index contributed by atoms with van der Waals surface area (Å²) in [6.45, 7) is 10.2. The second-order valence-corrected chi connectivity index (χ2v) is 5.54. The molecule has 0 aromatic carbocycles. The monoisotopic (exact) mass is 293 g/mol. The molecule has 1 aromatic heterocycles. The minimum atomic E-state index is 0.473. The van der Waals surface area contributed by atoms with Gasteiger partial charge in [-0.3, -0.25) is 9.67 Å². The molecule has 0 spiro atoms. The zero-order valence-corrected chi connectivity index (χ0v) is 13.8. The molecular weight excluding hydrogens is 262 g/mol. The van der Waals surface area contributed by atoms with Crippen LogP contribution in [-0.4, -0.2) is 35.4 Å². The largest absolute Gasteiger partial charge is 0.357 e. The number of aliphatic imine (C=N–C) groups is 1. The van der Waals surface area contributed by atoms with E-state index in [-0.39, 0.29) is 0 Å². The highest BCUT2D eigenvalue weighted by Crippen LogP contribution is 2.00. The van der Waals surface area contributed by atoms with Crippen LogP contribution in [0.4, 0.5) is 0 Å². The third-order valence-electron chi connectivity index (χ3n) is 3.29. The SMILES string of the molecule is CCCCCCNC(=NCC(C)Cn1cccn1)NCC. The lowest BCUT2D eigenvalue weighted by molar-refractivity contribution is 0.458. The summed E-state index contributed by atoms with van der Waals surface area (Å²) >= 11 is 0. The van der Waals surface area contributed by atoms with Crippen LogP contribution in [-0.2, 0) is 6.54 Å². The van der Waals surface area contributed by atoms with Crippen LogP contribution in [0.5, 0.6) is 0 Å². The van der Waals surface area contributed by atoms with E-state index >= 15 is 0 Å². The molecule has 0 bridgehead atoms. The predicted molar refractivity (Wildman–Crippen MR) is 89.5 cm³/mol. The maximum atomic E-state index is 4.67. The van der Waals surface area contributed by atoms with Crippen molar-refractivity contribution in [3.05, 3.63) is 18.5 Å². The first kappa shape index (κ1) is 17.5. The molecule has 2 N–H and O–H groups in total. The van der Waals surface area contributed by atoms with Gasteiger partial charge in [-0.15, -0.1) is 0 Å². The van der Waals surface area contributed by atoms with Crippen LogP contribution < -0.4 is 10.6 Å². The third-order valence-corrected chi connectivity index (χ3v) is 3.29. The summed E-state index contributed by atoms with van der Waals surface area (Å²) in [7, 11) is 0. The molecule has 0 aliphatic heterocycles. The number of nitrogens with zero attached hydrogens (tertiary/aromatic N) is 3. The molecule has 120 valence electrons. The smallest absolute Gasteiger partial charge is 0.191 e. The molecule has 1 atom stereocenters. The van der Waals surface area contributed by atoms with Gasteiger partial charge in [-0.25, -0.2) is 0 Å². The van der Waals surface area contributed by atoms with E-state index in [0.717, 1.165) is 32.1 Å². The van der Waals surface area contributed by atoms with E-state index in [1.54, 1.807) is 0 Å². The topological polar surface area (TPSA) is 54.2 Å². The van der Waals surface area contributed by atoms with Gasteiger partial charge in [0.15, 0.2) is 5.96 Å². The maximum absolute atomic E-state index is 4.67. The molecule has 0 fully saturated rings. The van der Waals surface area contributed by atoms with E-state index in [4.69, 9.17) is 0 Å². The molecule has 5 nitrogen and oxygen atoms in total. The molecule has 0 saturated carbocycles. The maximum Gasteiger partial charge on any atom is 0.191 e. The Labute approximate surface area is 129 Å². The number of guanidine groups is 1. The molecule has 1 rings (SSSR count). The Kier molecular flexibility index (Phi) is 9.33. The molecular formula is C16H31N5. The average Bonchev–Trinajstić information content (AvgIpc) is 2.97. The van der Waals surface area contributed by atoms with Crippen LogP contribution in [0.1, 0.15) is 46.5 Å². The summed E-state index contributed by atoms with van der Waals surface area (Å²) in [5, 5.41) is 10.9. The molecule has 21 heavy (non-hydrogen) atoms. The zero-order valence-electron chi connectivity index (χ0n) is 13.8. The Morgan fingerprint density at radius 2 is 2.10 bits per heavy atom. The van der Waals surface area contributed by atoms with Gasteiger partial charge in [0, 0.05) is 38.6 Å². The number of unbranched alkanes of at least 4 members (excludes halogenated alkanes) is 3. The molecule has 1 aromatic rings. The first-order valence-corrected chi connectivity index (χ1v) is 8.25. The summed E-state index contributed by atoms with van der Waals surface area (Å²) in [5.74, 6) is 1.40. The fraction of sp³-hybridized carbons (Fsp3) is 0.750. The molecule has 1 heterocycles. The lowest BCUT2D eigenvalue weighted by atomic mass is 10.2.